The van der Waals surface area contributed by atoms with E-state index in [-0.39, 0.29) is 5.60 Å². The molecule has 0 N–H and O–H groups in total. The minimum atomic E-state index is 0.126. The van der Waals surface area contributed by atoms with E-state index >= 15 is 0 Å². The number of nitrogens with zero attached hydrogens (tertiary/aromatic N) is 1. The van der Waals surface area contributed by atoms with Gasteiger partial charge in [-0.05, 0) is 25.7 Å². The van der Waals surface area contributed by atoms with Crippen molar-refractivity contribution in [2.45, 2.75) is 44.1 Å². The second-order valence-electron chi connectivity index (χ2n) is 4.10. The summed E-state index contributed by atoms with van der Waals surface area (Å²) in [5.41, 5.74) is 1.41. The topological polar surface area (TPSA) is 33.0 Å². The lowest BCUT2D eigenvalue weighted by Crippen LogP contribution is -2.33. The van der Waals surface area contributed by atoms with Crippen molar-refractivity contribution in [1.29, 1.82) is 5.26 Å². The van der Waals surface area contributed by atoms with E-state index in [2.05, 4.69) is 6.07 Å². The third-order valence-corrected chi connectivity index (χ3v) is 3.16. The molecule has 70 valence electrons. The van der Waals surface area contributed by atoms with Gasteiger partial charge >= 0.3 is 0 Å². The number of nitriles is 1. The highest BCUT2D eigenvalue weighted by atomic mass is 16.5. The monoisotopic (exact) mass is 177 g/mol. The summed E-state index contributed by atoms with van der Waals surface area (Å²) in [6.07, 6.45) is 8.63. The van der Waals surface area contributed by atoms with E-state index in [0.29, 0.717) is 0 Å². The van der Waals surface area contributed by atoms with E-state index in [1.165, 1.54) is 31.3 Å². The van der Waals surface area contributed by atoms with Crippen LogP contribution >= 0.6 is 0 Å². The maximum absolute atomic E-state index is 8.58. The van der Waals surface area contributed by atoms with Crippen LogP contribution in [0.2, 0.25) is 0 Å². The van der Waals surface area contributed by atoms with Gasteiger partial charge in [-0.15, -0.1) is 0 Å². The molecule has 13 heavy (non-hydrogen) atoms. The van der Waals surface area contributed by atoms with Gasteiger partial charge in [-0.25, -0.2) is 0 Å². The van der Waals surface area contributed by atoms with E-state index in [4.69, 9.17) is 10.00 Å². The maximum Gasteiger partial charge on any atom is 0.0911 e. The van der Waals surface area contributed by atoms with Gasteiger partial charge in [0.1, 0.15) is 0 Å². The second kappa shape index (κ2) is 3.51. The zero-order valence-electron chi connectivity index (χ0n) is 7.88. The molecule has 2 nitrogen and oxygen atoms in total. The molecule has 1 saturated carbocycles. The smallest absolute Gasteiger partial charge is 0.0911 e. The van der Waals surface area contributed by atoms with Gasteiger partial charge < -0.3 is 4.74 Å². The number of rotatable bonds is 0. The molecule has 2 heteroatoms. The molecule has 1 saturated heterocycles. The zero-order valence-corrected chi connectivity index (χ0v) is 7.88. The van der Waals surface area contributed by atoms with Gasteiger partial charge in [0.2, 0.25) is 0 Å². The molecule has 2 rings (SSSR count). The summed E-state index contributed by atoms with van der Waals surface area (Å²) in [4.78, 5) is 0. The molecule has 0 aromatic rings. The summed E-state index contributed by atoms with van der Waals surface area (Å²) in [5.74, 6) is 0. The Labute approximate surface area is 79.2 Å². The number of ether oxygens (including phenoxy) is 1. The van der Waals surface area contributed by atoms with Gasteiger partial charge in [-0.1, -0.05) is 18.4 Å². The summed E-state index contributed by atoms with van der Waals surface area (Å²) in [6.45, 7) is 0.813. The molecule has 0 aromatic carbocycles. The van der Waals surface area contributed by atoms with Crippen LogP contribution in [0.25, 0.3) is 0 Å². The first kappa shape index (κ1) is 8.77. The van der Waals surface area contributed by atoms with E-state index in [1.807, 2.05) is 0 Å². The van der Waals surface area contributed by atoms with Crippen LogP contribution < -0.4 is 0 Å². The Bertz CT molecular complexity index is 256. The van der Waals surface area contributed by atoms with Crippen molar-refractivity contribution in [2.75, 3.05) is 6.61 Å². The average molecular weight is 177 g/mol. The Hall–Kier alpha value is -0.810. The lowest BCUT2D eigenvalue weighted by molar-refractivity contribution is -0.0558. The van der Waals surface area contributed by atoms with E-state index in [0.717, 1.165) is 19.4 Å². The third kappa shape index (κ3) is 1.76. The summed E-state index contributed by atoms with van der Waals surface area (Å²) >= 11 is 0. The highest BCUT2D eigenvalue weighted by Gasteiger charge is 2.37. The molecule has 2 aliphatic rings. The Morgan fingerprint density at radius 1 is 1.38 bits per heavy atom. The zero-order chi connectivity index (χ0) is 9.15. The van der Waals surface area contributed by atoms with Gasteiger partial charge in [0.25, 0.3) is 0 Å². The fourth-order valence-electron chi connectivity index (χ4n) is 2.51. The average Bonchev–Trinajstić information content (AvgIpc) is 2.54. The molecule has 0 aromatic heterocycles. The molecule has 1 aliphatic heterocycles. The molecule has 1 spiro atoms. The fraction of sp³-hybridized carbons (Fsp3) is 0.727. The van der Waals surface area contributed by atoms with Crippen LogP contribution in [0.3, 0.4) is 0 Å². The van der Waals surface area contributed by atoms with Crippen LogP contribution in [0, 0.1) is 11.3 Å². The normalized spacial score (nSPS) is 29.3. The van der Waals surface area contributed by atoms with Gasteiger partial charge in [-0.2, -0.15) is 5.26 Å². The Morgan fingerprint density at radius 3 is 2.85 bits per heavy atom. The van der Waals surface area contributed by atoms with E-state index in [9.17, 15) is 0 Å². The number of allylic oxidation sites excluding steroid dienone is 1. The second-order valence-corrected chi connectivity index (χ2v) is 4.10. The van der Waals surface area contributed by atoms with Crippen LogP contribution in [-0.2, 0) is 4.74 Å². The molecule has 0 bridgehead atoms. The predicted molar refractivity (Wildman–Crippen MR) is 50.1 cm³/mol. The van der Waals surface area contributed by atoms with Gasteiger partial charge in [0, 0.05) is 6.08 Å². The molecule has 0 unspecified atom stereocenters. The molecule has 0 amide bonds. The molecular weight excluding hydrogens is 162 g/mol. The van der Waals surface area contributed by atoms with Crippen molar-refractivity contribution in [3.05, 3.63) is 11.6 Å². The van der Waals surface area contributed by atoms with Crippen molar-refractivity contribution >= 4 is 0 Å². The maximum atomic E-state index is 8.58. The van der Waals surface area contributed by atoms with Crippen molar-refractivity contribution < 1.29 is 4.74 Å². The van der Waals surface area contributed by atoms with Crippen molar-refractivity contribution in [2.24, 2.45) is 0 Å². The third-order valence-electron chi connectivity index (χ3n) is 3.16. The summed E-state index contributed by atoms with van der Waals surface area (Å²) < 4.78 is 5.85. The fourth-order valence-corrected chi connectivity index (χ4v) is 2.51. The highest BCUT2D eigenvalue weighted by Crippen LogP contribution is 2.41. The Morgan fingerprint density at radius 2 is 2.15 bits per heavy atom. The molecule has 0 radical (unpaired) electrons. The number of hydrogen-bond acceptors (Lipinski definition) is 2. The standard InChI is InChI=1S/C11H15NO/c12-7-3-10-4-8-13-11(9-10)5-1-2-6-11/h3H,1-2,4-6,8-9H2/b10-3+. The Kier molecular flexibility index (Phi) is 2.37. The van der Waals surface area contributed by atoms with Crippen LogP contribution in [-0.4, -0.2) is 12.2 Å². The summed E-state index contributed by atoms with van der Waals surface area (Å²) in [6, 6.07) is 2.13. The molecule has 0 atom stereocenters. The van der Waals surface area contributed by atoms with Crippen LogP contribution in [0.5, 0.6) is 0 Å². The Balaban J connectivity index is 2.07. The van der Waals surface area contributed by atoms with Crippen LogP contribution in [0.1, 0.15) is 38.5 Å². The van der Waals surface area contributed by atoms with Crippen LogP contribution in [0.15, 0.2) is 11.6 Å². The minimum absolute atomic E-state index is 0.126. The highest BCUT2D eigenvalue weighted by molar-refractivity contribution is 5.18. The summed E-state index contributed by atoms with van der Waals surface area (Å²) in [7, 11) is 0. The first-order valence-corrected chi connectivity index (χ1v) is 5.06. The first-order chi connectivity index (χ1) is 6.35. The first-order valence-electron chi connectivity index (χ1n) is 5.06. The lowest BCUT2D eigenvalue weighted by atomic mass is 9.88. The molecule has 2 fully saturated rings. The molecular formula is C11H15NO. The van der Waals surface area contributed by atoms with Crippen molar-refractivity contribution in [3.63, 3.8) is 0 Å². The quantitative estimate of drug-likeness (QED) is 0.533. The predicted octanol–water partition coefficient (Wildman–Crippen LogP) is 2.56. The largest absolute Gasteiger partial charge is 0.374 e. The van der Waals surface area contributed by atoms with Gasteiger partial charge in [0.05, 0.1) is 18.3 Å². The van der Waals surface area contributed by atoms with E-state index < -0.39 is 0 Å². The van der Waals surface area contributed by atoms with E-state index in [1.54, 1.807) is 6.08 Å². The number of hydrogen-bond donors (Lipinski definition) is 0. The molecule has 1 heterocycles. The van der Waals surface area contributed by atoms with Gasteiger partial charge in [0.15, 0.2) is 0 Å². The van der Waals surface area contributed by atoms with Crippen LogP contribution in [0.4, 0.5) is 0 Å². The lowest BCUT2D eigenvalue weighted by Gasteiger charge is -2.34. The van der Waals surface area contributed by atoms with Crippen molar-refractivity contribution in [3.8, 4) is 6.07 Å². The van der Waals surface area contributed by atoms with Crippen molar-refractivity contribution in [1.82, 2.24) is 0 Å². The minimum Gasteiger partial charge on any atom is -0.374 e. The van der Waals surface area contributed by atoms with Gasteiger partial charge in [-0.3, -0.25) is 0 Å². The summed E-state index contributed by atoms with van der Waals surface area (Å²) in [5, 5.41) is 8.58. The SMILES string of the molecule is N#C/C=C1\CCOC2(CCCC2)C1. The molecule has 1 aliphatic carbocycles.